The van der Waals surface area contributed by atoms with Crippen molar-refractivity contribution in [2.24, 2.45) is 0 Å². The van der Waals surface area contributed by atoms with E-state index in [4.69, 9.17) is 16.3 Å². The van der Waals surface area contributed by atoms with E-state index in [0.717, 1.165) is 5.39 Å². The number of anilines is 3. The number of fused-ring (bicyclic) bond motifs is 1. The molecule has 0 saturated carbocycles. The Hall–Kier alpha value is -4.01. The minimum Gasteiger partial charge on any atom is -0.487 e. The van der Waals surface area contributed by atoms with Crippen molar-refractivity contribution in [3.05, 3.63) is 96.0 Å². The Morgan fingerprint density at radius 3 is 2.53 bits per heavy atom. The van der Waals surface area contributed by atoms with E-state index in [-0.39, 0.29) is 18.3 Å². The molecule has 0 fully saturated rings. The molecule has 0 atom stereocenters. The molecule has 4 aromatic rings. The van der Waals surface area contributed by atoms with Crippen LogP contribution in [0.4, 0.5) is 21.6 Å². The molecule has 1 aromatic heterocycles. The van der Waals surface area contributed by atoms with Gasteiger partial charge in [0.05, 0.1) is 10.5 Å². The minimum absolute atomic E-state index is 0.194. The van der Waals surface area contributed by atoms with Crippen LogP contribution in [0.5, 0.6) is 5.75 Å². The zero-order valence-electron chi connectivity index (χ0n) is 20.3. The fourth-order valence-corrected chi connectivity index (χ4v) is 3.28. The molecule has 0 saturated heterocycles. The standard InChI is InChI=1S/C24H18ClFN4O2.C3H9N/c1-2-23(31)29-17-6-8-21-19(11-17)24(28-14-27-21)30-18-7-9-22(20(25)12-18)32-13-15-4-3-5-16(26)10-15;1-4(2)3/h2-12,14H,1,13H2,(H,29,31)(H,27,28,30);1-3H3. The molecule has 0 radical (unpaired) electrons. The first-order valence-corrected chi connectivity index (χ1v) is 11.4. The molecule has 0 aliphatic heterocycles. The van der Waals surface area contributed by atoms with E-state index in [9.17, 15) is 9.18 Å². The van der Waals surface area contributed by atoms with Gasteiger partial charge in [0, 0.05) is 16.8 Å². The van der Waals surface area contributed by atoms with Crippen LogP contribution < -0.4 is 15.4 Å². The van der Waals surface area contributed by atoms with Crippen LogP contribution in [0.1, 0.15) is 5.56 Å². The van der Waals surface area contributed by atoms with Crippen molar-refractivity contribution < 1.29 is 13.9 Å². The van der Waals surface area contributed by atoms with Crippen LogP contribution in [0, 0.1) is 5.82 Å². The Bertz CT molecular complexity index is 1360. The van der Waals surface area contributed by atoms with Crippen LogP contribution in [0.3, 0.4) is 0 Å². The van der Waals surface area contributed by atoms with Gasteiger partial charge in [-0.05, 0) is 81.3 Å². The molecule has 186 valence electrons. The molecule has 1 heterocycles. The summed E-state index contributed by atoms with van der Waals surface area (Å²) in [6.07, 6.45) is 2.65. The summed E-state index contributed by atoms with van der Waals surface area (Å²) in [7, 11) is 6.00. The predicted octanol–water partition coefficient (Wildman–Crippen LogP) is 6.05. The van der Waals surface area contributed by atoms with Gasteiger partial charge in [0.15, 0.2) is 0 Å². The maximum absolute atomic E-state index is 13.3. The largest absolute Gasteiger partial charge is 0.487 e. The monoisotopic (exact) mass is 507 g/mol. The molecule has 0 bridgehead atoms. The van der Waals surface area contributed by atoms with Gasteiger partial charge in [-0.25, -0.2) is 14.4 Å². The van der Waals surface area contributed by atoms with E-state index < -0.39 is 0 Å². The number of halogens is 2. The van der Waals surface area contributed by atoms with Gasteiger partial charge in [-0.1, -0.05) is 30.3 Å². The zero-order valence-corrected chi connectivity index (χ0v) is 21.0. The summed E-state index contributed by atoms with van der Waals surface area (Å²) in [5, 5.41) is 7.05. The SMILES string of the molecule is C=CC(=O)Nc1ccc2ncnc(Nc3ccc(OCc4cccc(F)c4)c(Cl)c3)c2c1.CN(C)C. The number of hydrogen-bond acceptors (Lipinski definition) is 6. The van der Waals surface area contributed by atoms with E-state index in [1.54, 1.807) is 48.5 Å². The van der Waals surface area contributed by atoms with Crippen LogP contribution in [-0.4, -0.2) is 41.9 Å². The first-order valence-electron chi connectivity index (χ1n) is 11.0. The fourth-order valence-electron chi connectivity index (χ4n) is 3.05. The second-order valence-electron chi connectivity index (χ2n) is 8.18. The highest BCUT2D eigenvalue weighted by atomic mass is 35.5. The van der Waals surface area contributed by atoms with Crippen LogP contribution in [0.2, 0.25) is 5.02 Å². The number of hydrogen-bond donors (Lipinski definition) is 2. The van der Waals surface area contributed by atoms with Crippen molar-refractivity contribution in [2.75, 3.05) is 31.8 Å². The molecular formula is C27H27ClFN5O2. The summed E-state index contributed by atoms with van der Waals surface area (Å²) in [5.74, 6) is 0.398. The zero-order chi connectivity index (χ0) is 26.1. The predicted molar refractivity (Wildman–Crippen MR) is 143 cm³/mol. The Morgan fingerprint density at radius 1 is 1.08 bits per heavy atom. The molecule has 0 unspecified atom stereocenters. The summed E-state index contributed by atoms with van der Waals surface area (Å²) in [6.45, 7) is 3.65. The molecule has 1 amide bonds. The molecule has 2 N–H and O–H groups in total. The van der Waals surface area contributed by atoms with Crippen molar-refractivity contribution in [1.82, 2.24) is 14.9 Å². The number of rotatable bonds is 7. The number of nitrogens with zero attached hydrogens (tertiary/aromatic N) is 3. The Morgan fingerprint density at radius 2 is 1.83 bits per heavy atom. The van der Waals surface area contributed by atoms with Crippen molar-refractivity contribution in [3.63, 3.8) is 0 Å². The number of aromatic nitrogens is 2. The molecule has 3 aromatic carbocycles. The molecule has 0 spiro atoms. The van der Waals surface area contributed by atoms with Crippen molar-refractivity contribution in [1.29, 1.82) is 0 Å². The highest BCUT2D eigenvalue weighted by Crippen LogP contribution is 2.31. The maximum atomic E-state index is 13.3. The highest BCUT2D eigenvalue weighted by Gasteiger charge is 2.09. The second kappa shape index (κ2) is 12.6. The van der Waals surface area contributed by atoms with E-state index in [0.29, 0.717) is 39.0 Å². The summed E-state index contributed by atoms with van der Waals surface area (Å²) in [6, 6.07) is 16.7. The van der Waals surface area contributed by atoms with Gasteiger partial charge in [-0.15, -0.1) is 0 Å². The van der Waals surface area contributed by atoms with Gasteiger partial charge in [0.2, 0.25) is 5.91 Å². The molecule has 36 heavy (non-hydrogen) atoms. The van der Waals surface area contributed by atoms with Crippen molar-refractivity contribution in [3.8, 4) is 5.75 Å². The van der Waals surface area contributed by atoms with Crippen LogP contribution in [0.15, 0.2) is 79.6 Å². The Balaban J connectivity index is 0.000000840. The maximum Gasteiger partial charge on any atom is 0.247 e. The van der Waals surface area contributed by atoms with Crippen LogP contribution in [0.25, 0.3) is 10.9 Å². The number of nitrogens with one attached hydrogen (secondary N) is 2. The van der Waals surface area contributed by atoms with Gasteiger partial charge in [0.1, 0.15) is 30.3 Å². The number of amides is 1. The summed E-state index contributed by atoms with van der Waals surface area (Å²) in [5.41, 5.74) is 2.70. The molecule has 4 rings (SSSR count). The molecule has 9 heteroatoms. The third-order valence-corrected chi connectivity index (χ3v) is 4.86. The highest BCUT2D eigenvalue weighted by molar-refractivity contribution is 6.32. The average Bonchev–Trinajstić information content (AvgIpc) is 2.83. The number of benzene rings is 3. The first-order chi connectivity index (χ1) is 17.2. The fraction of sp³-hybridized carbons (Fsp3) is 0.148. The topological polar surface area (TPSA) is 79.4 Å². The Labute approximate surface area is 214 Å². The molecule has 0 aliphatic carbocycles. The van der Waals surface area contributed by atoms with Gasteiger partial charge < -0.3 is 20.3 Å². The van der Waals surface area contributed by atoms with Gasteiger partial charge in [-0.2, -0.15) is 0 Å². The third kappa shape index (κ3) is 7.76. The lowest BCUT2D eigenvalue weighted by Gasteiger charge is -2.12. The number of carbonyl (C=O) groups is 1. The normalized spacial score (nSPS) is 10.4. The van der Waals surface area contributed by atoms with Gasteiger partial charge >= 0.3 is 0 Å². The van der Waals surface area contributed by atoms with Crippen LogP contribution >= 0.6 is 11.6 Å². The smallest absolute Gasteiger partial charge is 0.247 e. The van der Waals surface area contributed by atoms with Crippen LogP contribution in [-0.2, 0) is 11.4 Å². The van der Waals surface area contributed by atoms with Crippen molar-refractivity contribution in [2.45, 2.75) is 6.61 Å². The van der Waals surface area contributed by atoms with E-state index in [2.05, 4.69) is 27.2 Å². The quantitative estimate of drug-likeness (QED) is 0.296. The number of carbonyl (C=O) groups excluding carboxylic acids is 1. The van der Waals surface area contributed by atoms with E-state index in [1.165, 1.54) is 24.5 Å². The second-order valence-corrected chi connectivity index (χ2v) is 8.59. The molecule has 7 nitrogen and oxygen atoms in total. The lowest BCUT2D eigenvalue weighted by atomic mass is 10.2. The average molecular weight is 508 g/mol. The van der Waals surface area contributed by atoms with Crippen molar-refractivity contribution >= 4 is 45.6 Å². The van der Waals surface area contributed by atoms with E-state index >= 15 is 0 Å². The molecular weight excluding hydrogens is 481 g/mol. The van der Waals surface area contributed by atoms with Gasteiger partial charge in [-0.3, -0.25) is 4.79 Å². The van der Waals surface area contributed by atoms with E-state index in [1.807, 2.05) is 26.0 Å². The van der Waals surface area contributed by atoms with Gasteiger partial charge in [0.25, 0.3) is 0 Å². The lowest BCUT2D eigenvalue weighted by Crippen LogP contribution is -2.07. The lowest BCUT2D eigenvalue weighted by molar-refractivity contribution is -0.111. The summed E-state index contributed by atoms with van der Waals surface area (Å²) in [4.78, 5) is 22.2. The summed E-state index contributed by atoms with van der Waals surface area (Å²) >= 11 is 6.38. The minimum atomic E-state index is -0.318. The summed E-state index contributed by atoms with van der Waals surface area (Å²) < 4.78 is 19.0. The molecule has 0 aliphatic rings. The third-order valence-electron chi connectivity index (χ3n) is 4.57. The first kappa shape index (κ1) is 26.6. The number of ether oxygens (including phenoxy) is 1. The Kier molecular flexibility index (Phi) is 9.32.